The number of anilines is 1. The van der Waals surface area contributed by atoms with Crippen molar-refractivity contribution in [2.45, 2.75) is 26.3 Å². The van der Waals surface area contributed by atoms with Gasteiger partial charge >= 0.3 is 6.03 Å². The van der Waals surface area contributed by atoms with Crippen molar-refractivity contribution in [1.29, 1.82) is 0 Å². The zero-order valence-corrected chi connectivity index (χ0v) is 14.1. The van der Waals surface area contributed by atoms with E-state index < -0.39 is 0 Å². The lowest BCUT2D eigenvalue weighted by Gasteiger charge is -2.23. The molecule has 2 heterocycles. The molecule has 1 N–H and O–H groups in total. The van der Waals surface area contributed by atoms with Crippen molar-refractivity contribution >= 4 is 17.6 Å². The number of rotatable bonds is 4. The van der Waals surface area contributed by atoms with Crippen molar-refractivity contribution in [1.82, 2.24) is 10.2 Å². The molecule has 1 aromatic carbocycles. The Morgan fingerprint density at radius 1 is 1.25 bits per heavy atom. The number of urea groups is 1. The summed E-state index contributed by atoms with van der Waals surface area (Å²) in [6.07, 6.45) is 0.307. The first-order chi connectivity index (χ1) is 11.6. The van der Waals surface area contributed by atoms with Crippen LogP contribution in [0.3, 0.4) is 0 Å². The second-order valence-corrected chi connectivity index (χ2v) is 5.86. The number of hydrogen-bond donors (Lipinski definition) is 1. The molecule has 130 valence electrons. The van der Waals surface area contributed by atoms with E-state index in [9.17, 15) is 9.59 Å². The first-order valence-corrected chi connectivity index (χ1v) is 8.37. The molecule has 3 rings (SSSR count). The van der Waals surface area contributed by atoms with Gasteiger partial charge in [-0.25, -0.2) is 4.79 Å². The summed E-state index contributed by atoms with van der Waals surface area (Å²) in [6, 6.07) is 5.18. The van der Waals surface area contributed by atoms with Crippen LogP contribution in [0.25, 0.3) is 0 Å². The van der Waals surface area contributed by atoms with Crippen LogP contribution in [0.2, 0.25) is 0 Å². The molecule has 0 bridgehead atoms. The van der Waals surface area contributed by atoms with Gasteiger partial charge in [-0.05, 0) is 26.0 Å². The van der Waals surface area contributed by atoms with Gasteiger partial charge in [-0.3, -0.25) is 4.79 Å². The van der Waals surface area contributed by atoms with E-state index in [4.69, 9.17) is 9.47 Å². The molecular weight excluding hydrogens is 310 g/mol. The number of nitrogens with one attached hydrogen (secondary N) is 1. The van der Waals surface area contributed by atoms with Crippen molar-refractivity contribution in [3.8, 4) is 11.5 Å². The van der Waals surface area contributed by atoms with Crippen LogP contribution in [0.1, 0.15) is 20.3 Å². The molecule has 2 aliphatic rings. The second kappa shape index (κ2) is 6.98. The van der Waals surface area contributed by atoms with E-state index in [-0.39, 0.29) is 18.0 Å². The normalized spacial score (nSPS) is 19.3. The molecule has 1 saturated heterocycles. The van der Waals surface area contributed by atoms with Gasteiger partial charge in [0.2, 0.25) is 5.91 Å². The van der Waals surface area contributed by atoms with Crippen LogP contribution in [0.4, 0.5) is 10.5 Å². The lowest BCUT2D eigenvalue weighted by atomic mass is 10.2. The summed E-state index contributed by atoms with van der Waals surface area (Å²) in [7, 11) is 0. The third kappa shape index (κ3) is 3.25. The highest BCUT2D eigenvalue weighted by Gasteiger charge is 2.32. The Labute approximate surface area is 141 Å². The Balaban J connectivity index is 1.68. The van der Waals surface area contributed by atoms with E-state index in [0.717, 1.165) is 5.69 Å². The highest BCUT2D eigenvalue weighted by molar-refractivity contribution is 5.97. The fourth-order valence-corrected chi connectivity index (χ4v) is 3.03. The first kappa shape index (κ1) is 16.4. The van der Waals surface area contributed by atoms with Gasteiger partial charge in [0.25, 0.3) is 0 Å². The molecule has 1 atom stereocenters. The van der Waals surface area contributed by atoms with E-state index in [1.807, 2.05) is 32.0 Å². The van der Waals surface area contributed by atoms with E-state index in [0.29, 0.717) is 50.8 Å². The molecule has 1 fully saturated rings. The fraction of sp³-hybridized carbons (Fsp3) is 0.529. The number of ether oxygens (including phenoxy) is 2. The summed E-state index contributed by atoms with van der Waals surface area (Å²) in [5.74, 6) is 1.35. The van der Waals surface area contributed by atoms with Gasteiger partial charge in [0.15, 0.2) is 11.5 Å². The second-order valence-electron chi connectivity index (χ2n) is 5.86. The van der Waals surface area contributed by atoms with E-state index in [1.54, 1.807) is 9.80 Å². The van der Waals surface area contributed by atoms with Crippen LogP contribution in [-0.4, -0.2) is 55.7 Å². The van der Waals surface area contributed by atoms with Crippen molar-refractivity contribution in [2.75, 3.05) is 37.7 Å². The topological polar surface area (TPSA) is 71.1 Å². The molecule has 3 amide bonds. The summed E-state index contributed by atoms with van der Waals surface area (Å²) in [6.45, 7) is 6.67. The van der Waals surface area contributed by atoms with Gasteiger partial charge in [0.1, 0.15) is 13.2 Å². The number of carbonyl (C=O) groups is 2. The Hall–Kier alpha value is -2.44. The largest absolute Gasteiger partial charge is 0.486 e. The van der Waals surface area contributed by atoms with Gasteiger partial charge in [0, 0.05) is 37.8 Å². The Morgan fingerprint density at radius 2 is 1.96 bits per heavy atom. The summed E-state index contributed by atoms with van der Waals surface area (Å²) < 4.78 is 11.1. The quantitative estimate of drug-likeness (QED) is 0.909. The molecule has 0 unspecified atom stereocenters. The van der Waals surface area contributed by atoms with Crippen molar-refractivity contribution in [2.24, 2.45) is 0 Å². The molecule has 7 heteroatoms. The van der Waals surface area contributed by atoms with Crippen LogP contribution in [0, 0.1) is 0 Å². The van der Waals surface area contributed by atoms with E-state index in [1.165, 1.54) is 0 Å². The van der Waals surface area contributed by atoms with Gasteiger partial charge in [0.05, 0.1) is 6.04 Å². The molecular formula is C17H23N3O4. The van der Waals surface area contributed by atoms with Crippen molar-refractivity contribution in [3.63, 3.8) is 0 Å². The van der Waals surface area contributed by atoms with Crippen molar-refractivity contribution < 1.29 is 19.1 Å². The SMILES string of the molecule is CCN(CC)C(=O)N[C@@H]1CC(=O)N(c2ccc3c(c2)OCCO3)C1. The van der Waals surface area contributed by atoms with Crippen LogP contribution >= 0.6 is 0 Å². The fourth-order valence-electron chi connectivity index (χ4n) is 3.03. The first-order valence-electron chi connectivity index (χ1n) is 8.37. The summed E-state index contributed by atoms with van der Waals surface area (Å²) >= 11 is 0. The molecule has 0 saturated carbocycles. The Bertz CT molecular complexity index is 630. The zero-order valence-electron chi connectivity index (χ0n) is 14.1. The average Bonchev–Trinajstić information content (AvgIpc) is 2.95. The molecule has 0 spiro atoms. The minimum Gasteiger partial charge on any atom is -0.486 e. The number of nitrogens with zero attached hydrogens (tertiary/aromatic N) is 2. The molecule has 0 aromatic heterocycles. The average molecular weight is 333 g/mol. The molecule has 24 heavy (non-hydrogen) atoms. The van der Waals surface area contributed by atoms with Crippen LogP contribution < -0.4 is 19.7 Å². The highest BCUT2D eigenvalue weighted by atomic mass is 16.6. The van der Waals surface area contributed by atoms with Gasteiger partial charge in [-0.2, -0.15) is 0 Å². The van der Waals surface area contributed by atoms with E-state index >= 15 is 0 Å². The predicted molar refractivity (Wildman–Crippen MR) is 89.6 cm³/mol. The number of fused-ring (bicyclic) bond motifs is 1. The minimum atomic E-state index is -0.182. The Morgan fingerprint density at radius 3 is 2.67 bits per heavy atom. The number of benzene rings is 1. The third-order valence-corrected chi connectivity index (χ3v) is 4.34. The lowest BCUT2D eigenvalue weighted by Crippen LogP contribution is -2.45. The smallest absolute Gasteiger partial charge is 0.317 e. The number of hydrogen-bond acceptors (Lipinski definition) is 4. The Kier molecular flexibility index (Phi) is 4.78. The predicted octanol–water partition coefficient (Wildman–Crippen LogP) is 1.61. The van der Waals surface area contributed by atoms with Crippen LogP contribution in [-0.2, 0) is 4.79 Å². The monoisotopic (exact) mass is 333 g/mol. The molecule has 7 nitrogen and oxygen atoms in total. The molecule has 0 aliphatic carbocycles. The standard InChI is InChI=1S/C17H23N3O4/c1-3-19(4-2)17(22)18-12-9-16(21)20(11-12)13-5-6-14-15(10-13)24-8-7-23-14/h5-6,10,12H,3-4,7-9,11H2,1-2H3,(H,18,22)/t12-/m1/s1. The summed E-state index contributed by atoms with van der Waals surface area (Å²) in [4.78, 5) is 27.9. The van der Waals surface area contributed by atoms with Gasteiger partial charge in [-0.1, -0.05) is 0 Å². The van der Waals surface area contributed by atoms with E-state index in [2.05, 4.69) is 5.32 Å². The molecule has 2 aliphatic heterocycles. The highest BCUT2D eigenvalue weighted by Crippen LogP contribution is 2.35. The number of carbonyl (C=O) groups excluding carboxylic acids is 2. The van der Waals surface area contributed by atoms with Gasteiger partial charge < -0.3 is 24.6 Å². The molecule has 0 radical (unpaired) electrons. The maximum absolute atomic E-state index is 12.3. The maximum Gasteiger partial charge on any atom is 0.317 e. The van der Waals surface area contributed by atoms with Crippen LogP contribution in [0.5, 0.6) is 11.5 Å². The minimum absolute atomic E-state index is 0.00322. The lowest BCUT2D eigenvalue weighted by molar-refractivity contribution is -0.117. The van der Waals surface area contributed by atoms with Gasteiger partial charge in [-0.15, -0.1) is 0 Å². The third-order valence-electron chi connectivity index (χ3n) is 4.34. The zero-order chi connectivity index (χ0) is 17.1. The summed E-state index contributed by atoms with van der Waals surface area (Å²) in [5, 5.41) is 2.94. The summed E-state index contributed by atoms with van der Waals surface area (Å²) in [5.41, 5.74) is 0.767. The molecule has 1 aromatic rings. The van der Waals surface area contributed by atoms with Crippen molar-refractivity contribution in [3.05, 3.63) is 18.2 Å². The van der Waals surface area contributed by atoms with Crippen LogP contribution in [0.15, 0.2) is 18.2 Å². The maximum atomic E-state index is 12.3. The number of amides is 3.